The van der Waals surface area contributed by atoms with Gasteiger partial charge in [-0.3, -0.25) is 4.79 Å². The molecule has 1 amide bonds. The Labute approximate surface area is 115 Å². The molecular formula is C14H26N4O. The zero-order valence-electron chi connectivity index (χ0n) is 12.5. The van der Waals surface area contributed by atoms with Crippen molar-refractivity contribution in [3.8, 4) is 0 Å². The van der Waals surface area contributed by atoms with E-state index in [-0.39, 0.29) is 17.9 Å². The monoisotopic (exact) mass is 266 g/mol. The first kappa shape index (κ1) is 15.7. The summed E-state index contributed by atoms with van der Waals surface area (Å²) in [6.07, 6.45) is 5.59. The zero-order chi connectivity index (χ0) is 14.4. The molecule has 1 heterocycles. The third-order valence-corrected chi connectivity index (χ3v) is 3.73. The van der Waals surface area contributed by atoms with Gasteiger partial charge in [0, 0.05) is 32.5 Å². The van der Waals surface area contributed by atoms with Crippen LogP contribution in [0.1, 0.15) is 32.5 Å². The lowest BCUT2D eigenvalue weighted by atomic mass is 9.99. The van der Waals surface area contributed by atoms with Gasteiger partial charge >= 0.3 is 0 Å². The fraction of sp³-hybridized carbons (Fsp3) is 0.714. The number of imidazole rings is 1. The van der Waals surface area contributed by atoms with Crippen LogP contribution in [0.4, 0.5) is 0 Å². The number of nitrogens with two attached hydrogens (primary N) is 1. The molecule has 2 atom stereocenters. The first-order valence-corrected chi connectivity index (χ1v) is 6.95. The van der Waals surface area contributed by atoms with Crippen LogP contribution >= 0.6 is 0 Å². The van der Waals surface area contributed by atoms with E-state index < -0.39 is 0 Å². The Balaban J connectivity index is 2.37. The van der Waals surface area contributed by atoms with Crippen molar-refractivity contribution in [3.63, 3.8) is 0 Å². The minimum atomic E-state index is -0.384. The van der Waals surface area contributed by atoms with Gasteiger partial charge in [0.25, 0.3) is 0 Å². The lowest BCUT2D eigenvalue weighted by molar-refractivity contribution is -0.132. The summed E-state index contributed by atoms with van der Waals surface area (Å²) in [7, 11) is 1.82. The van der Waals surface area contributed by atoms with Crippen LogP contribution in [0, 0.1) is 12.8 Å². The number of hydrogen-bond acceptors (Lipinski definition) is 3. The molecule has 0 fully saturated rings. The molecule has 0 aliphatic carbocycles. The Morgan fingerprint density at radius 3 is 2.79 bits per heavy atom. The van der Waals surface area contributed by atoms with Gasteiger partial charge in [0.2, 0.25) is 5.91 Å². The highest BCUT2D eigenvalue weighted by Gasteiger charge is 2.22. The van der Waals surface area contributed by atoms with Gasteiger partial charge < -0.3 is 15.2 Å². The third kappa shape index (κ3) is 4.35. The van der Waals surface area contributed by atoms with Crippen LogP contribution < -0.4 is 5.73 Å². The van der Waals surface area contributed by atoms with Crippen molar-refractivity contribution in [2.45, 2.75) is 46.2 Å². The van der Waals surface area contributed by atoms with Gasteiger partial charge in [-0.1, -0.05) is 20.3 Å². The van der Waals surface area contributed by atoms with Crippen LogP contribution in [-0.2, 0) is 11.3 Å². The van der Waals surface area contributed by atoms with E-state index in [0.29, 0.717) is 0 Å². The van der Waals surface area contributed by atoms with Gasteiger partial charge in [0.15, 0.2) is 0 Å². The summed E-state index contributed by atoms with van der Waals surface area (Å²) in [5.41, 5.74) is 5.96. The molecule has 5 heteroatoms. The van der Waals surface area contributed by atoms with Crippen molar-refractivity contribution in [3.05, 3.63) is 18.2 Å². The van der Waals surface area contributed by atoms with Gasteiger partial charge in [-0.05, 0) is 19.3 Å². The minimum absolute atomic E-state index is 0.0386. The van der Waals surface area contributed by atoms with Crippen LogP contribution in [0.25, 0.3) is 0 Å². The summed E-state index contributed by atoms with van der Waals surface area (Å²) >= 11 is 0. The number of aryl methyl sites for hydroxylation is 2. The summed E-state index contributed by atoms with van der Waals surface area (Å²) < 4.78 is 2.09. The normalized spacial score (nSPS) is 14.2. The topological polar surface area (TPSA) is 64.2 Å². The molecule has 1 aromatic heterocycles. The lowest BCUT2D eigenvalue weighted by Crippen LogP contribution is -2.45. The lowest BCUT2D eigenvalue weighted by Gasteiger charge is -2.24. The quantitative estimate of drug-likeness (QED) is 0.811. The number of likely N-dealkylation sites (N-methyl/N-ethyl adjacent to an activating group) is 1. The highest BCUT2D eigenvalue weighted by atomic mass is 16.2. The fourth-order valence-electron chi connectivity index (χ4n) is 1.98. The number of carbonyl (C=O) groups excluding carboxylic acids is 1. The fourth-order valence-corrected chi connectivity index (χ4v) is 1.98. The second-order valence-corrected chi connectivity index (χ2v) is 5.19. The molecule has 0 saturated carbocycles. The molecule has 1 rings (SSSR count). The van der Waals surface area contributed by atoms with Crippen LogP contribution in [0.3, 0.4) is 0 Å². The summed E-state index contributed by atoms with van der Waals surface area (Å²) in [6.45, 7) is 7.65. The summed E-state index contributed by atoms with van der Waals surface area (Å²) in [6, 6.07) is -0.384. The molecule has 0 saturated heterocycles. The molecular weight excluding hydrogens is 240 g/mol. The summed E-state index contributed by atoms with van der Waals surface area (Å²) in [5.74, 6) is 1.27. The van der Waals surface area contributed by atoms with Gasteiger partial charge in [-0.2, -0.15) is 0 Å². The van der Waals surface area contributed by atoms with Crippen LogP contribution in [-0.4, -0.2) is 40.0 Å². The molecule has 19 heavy (non-hydrogen) atoms. The van der Waals surface area contributed by atoms with Gasteiger partial charge in [0.1, 0.15) is 5.82 Å². The second-order valence-electron chi connectivity index (χ2n) is 5.19. The van der Waals surface area contributed by atoms with E-state index in [1.807, 2.05) is 27.1 Å². The van der Waals surface area contributed by atoms with Gasteiger partial charge in [0.05, 0.1) is 6.04 Å². The van der Waals surface area contributed by atoms with Crippen molar-refractivity contribution in [1.82, 2.24) is 14.5 Å². The Kier molecular flexibility index (Phi) is 6.02. The first-order chi connectivity index (χ1) is 8.97. The van der Waals surface area contributed by atoms with E-state index in [1.54, 1.807) is 11.1 Å². The second kappa shape index (κ2) is 7.28. The van der Waals surface area contributed by atoms with Crippen molar-refractivity contribution >= 4 is 5.91 Å². The Morgan fingerprint density at radius 1 is 1.58 bits per heavy atom. The highest BCUT2D eigenvalue weighted by molar-refractivity contribution is 5.81. The highest BCUT2D eigenvalue weighted by Crippen LogP contribution is 2.08. The molecule has 2 N–H and O–H groups in total. The van der Waals surface area contributed by atoms with E-state index in [1.165, 1.54) is 0 Å². The van der Waals surface area contributed by atoms with E-state index in [9.17, 15) is 4.79 Å². The molecule has 0 bridgehead atoms. The maximum absolute atomic E-state index is 12.1. The first-order valence-electron chi connectivity index (χ1n) is 6.95. The number of hydrogen-bond donors (Lipinski definition) is 1. The number of carbonyl (C=O) groups is 1. The van der Waals surface area contributed by atoms with Crippen LogP contribution in [0.5, 0.6) is 0 Å². The van der Waals surface area contributed by atoms with Crippen molar-refractivity contribution in [1.29, 1.82) is 0 Å². The zero-order valence-corrected chi connectivity index (χ0v) is 12.5. The van der Waals surface area contributed by atoms with E-state index in [0.717, 1.165) is 31.8 Å². The van der Waals surface area contributed by atoms with Crippen molar-refractivity contribution in [2.75, 3.05) is 13.6 Å². The third-order valence-electron chi connectivity index (χ3n) is 3.73. The molecule has 108 valence electrons. The molecule has 0 spiro atoms. The molecule has 0 aliphatic rings. The molecule has 5 nitrogen and oxygen atoms in total. The van der Waals surface area contributed by atoms with E-state index in [2.05, 4.69) is 16.5 Å². The maximum Gasteiger partial charge on any atom is 0.239 e. The van der Waals surface area contributed by atoms with Crippen molar-refractivity contribution < 1.29 is 4.79 Å². The number of rotatable bonds is 7. The Bertz CT molecular complexity index is 402. The van der Waals surface area contributed by atoms with Crippen molar-refractivity contribution in [2.24, 2.45) is 11.7 Å². The van der Waals surface area contributed by atoms with Crippen LogP contribution in [0.2, 0.25) is 0 Å². The van der Waals surface area contributed by atoms with E-state index >= 15 is 0 Å². The molecule has 0 aliphatic heterocycles. The average molecular weight is 266 g/mol. The van der Waals surface area contributed by atoms with Gasteiger partial charge in [-0.25, -0.2) is 4.98 Å². The molecule has 1 aromatic rings. The average Bonchev–Trinajstić information content (AvgIpc) is 2.81. The van der Waals surface area contributed by atoms with Gasteiger partial charge in [-0.15, -0.1) is 0 Å². The Morgan fingerprint density at radius 2 is 2.26 bits per heavy atom. The minimum Gasteiger partial charge on any atom is -0.344 e. The summed E-state index contributed by atoms with van der Waals surface area (Å²) in [5, 5.41) is 0. The standard InChI is InChI=1S/C14H26N4O/c1-5-11(2)13(15)14(19)17(4)8-6-9-18-10-7-16-12(18)3/h7,10-11,13H,5-6,8-9,15H2,1-4H3. The van der Waals surface area contributed by atoms with E-state index in [4.69, 9.17) is 5.73 Å². The molecule has 0 aromatic carbocycles. The molecule has 0 radical (unpaired) electrons. The SMILES string of the molecule is CCC(C)C(N)C(=O)N(C)CCCn1ccnc1C. The van der Waals surface area contributed by atoms with Crippen LogP contribution in [0.15, 0.2) is 12.4 Å². The maximum atomic E-state index is 12.1. The predicted octanol–water partition coefficient (Wildman–Crippen LogP) is 1.41. The summed E-state index contributed by atoms with van der Waals surface area (Å²) in [4.78, 5) is 18.0. The molecule has 2 unspecified atom stereocenters. The number of nitrogens with zero attached hydrogens (tertiary/aromatic N) is 3. The number of aromatic nitrogens is 2. The largest absolute Gasteiger partial charge is 0.344 e. The number of amides is 1. The predicted molar refractivity (Wildman–Crippen MR) is 76.6 cm³/mol. The smallest absolute Gasteiger partial charge is 0.239 e. The Hall–Kier alpha value is -1.36.